The van der Waals surface area contributed by atoms with E-state index in [-0.39, 0.29) is 6.61 Å². The van der Waals surface area contributed by atoms with Gasteiger partial charge in [-0.3, -0.25) is 4.98 Å². The summed E-state index contributed by atoms with van der Waals surface area (Å²) < 4.78 is 0. The van der Waals surface area contributed by atoms with E-state index in [1.807, 2.05) is 12.1 Å². The van der Waals surface area contributed by atoms with Gasteiger partial charge in [0.15, 0.2) is 0 Å². The average molecular weight is 190 g/mol. The number of pyridine rings is 1. The van der Waals surface area contributed by atoms with Crippen molar-refractivity contribution in [1.29, 1.82) is 0 Å². The summed E-state index contributed by atoms with van der Waals surface area (Å²) in [5.41, 5.74) is 8.13. The van der Waals surface area contributed by atoms with Crippen LogP contribution in [0.5, 0.6) is 0 Å². The number of hydrogen-bond donors (Lipinski definition) is 2. The number of rotatable bonds is 3. The van der Waals surface area contributed by atoms with Crippen molar-refractivity contribution in [2.24, 2.45) is 5.73 Å². The van der Waals surface area contributed by atoms with Gasteiger partial charge in [0.2, 0.25) is 0 Å². The monoisotopic (exact) mass is 190 g/mol. The van der Waals surface area contributed by atoms with Gasteiger partial charge in [0.1, 0.15) is 0 Å². The molecule has 74 valence electrons. The predicted molar refractivity (Wildman–Crippen MR) is 55.5 cm³/mol. The van der Waals surface area contributed by atoms with Crippen LogP contribution in [-0.4, -0.2) is 16.7 Å². The number of hydrogen-bond acceptors (Lipinski definition) is 3. The Morgan fingerprint density at radius 2 is 2.43 bits per heavy atom. The Labute approximate surface area is 83.3 Å². The zero-order chi connectivity index (χ0) is 9.97. The molecule has 0 bridgehead atoms. The van der Waals surface area contributed by atoms with Gasteiger partial charge in [0, 0.05) is 11.9 Å². The van der Waals surface area contributed by atoms with E-state index in [1.165, 1.54) is 18.4 Å². The number of nitrogens with zero attached hydrogens (tertiary/aromatic N) is 1. The Bertz CT molecular complexity index is 356. The van der Waals surface area contributed by atoms with Crippen LogP contribution >= 0.6 is 0 Å². The summed E-state index contributed by atoms with van der Waals surface area (Å²) in [4.78, 5) is 4.17. The molecule has 1 saturated carbocycles. The van der Waals surface area contributed by atoms with Gasteiger partial charge in [0.05, 0.1) is 12.3 Å². The van der Waals surface area contributed by atoms with Crippen LogP contribution < -0.4 is 5.73 Å². The van der Waals surface area contributed by atoms with Crippen molar-refractivity contribution in [2.75, 3.05) is 6.61 Å². The zero-order valence-electron chi connectivity index (χ0n) is 7.98. The third-order valence-corrected chi connectivity index (χ3v) is 2.37. The smallest absolute Gasteiger partial charge is 0.0826 e. The molecule has 0 unspecified atom stereocenters. The molecule has 0 aliphatic heterocycles. The molecule has 0 amide bonds. The fourth-order valence-electron chi connectivity index (χ4n) is 1.45. The van der Waals surface area contributed by atoms with Crippen molar-refractivity contribution >= 4 is 6.08 Å². The van der Waals surface area contributed by atoms with Crippen molar-refractivity contribution in [3.8, 4) is 0 Å². The Morgan fingerprint density at radius 1 is 1.64 bits per heavy atom. The van der Waals surface area contributed by atoms with Crippen molar-refractivity contribution in [1.82, 2.24) is 4.98 Å². The van der Waals surface area contributed by atoms with Crippen LogP contribution in [0.25, 0.3) is 6.08 Å². The van der Waals surface area contributed by atoms with Crippen LogP contribution in [0.4, 0.5) is 0 Å². The van der Waals surface area contributed by atoms with Gasteiger partial charge in [-0.1, -0.05) is 0 Å². The first-order valence-corrected chi connectivity index (χ1v) is 4.82. The standard InChI is InChI=1S/C11H14N2O/c12-10(7-14)6-11-5-9(3-4-13-11)8-1-2-8/h3-6,8,14H,1-2,7,12H2/b10-6-. The van der Waals surface area contributed by atoms with E-state index in [0.717, 1.165) is 11.6 Å². The predicted octanol–water partition coefficient (Wildman–Crippen LogP) is 1.25. The number of nitrogens with two attached hydrogens (primary N) is 1. The Kier molecular flexibility index (Phi) is 2.50. The van der Waals surface area contributed by atoms with E-state index in [4.69, 9.17) is 10.8 Å². The second kappa shape index (κ2) is 3.80. The highest BCUT2D eigenvalue weighted by molar-refractivity contribution is 5.49. The molecule has 1 aliphatic rings. The number of aromatic nitrogens is 1. The molecule has 3 nitrogen and oxygen atoms in total. The lowest BCUT2D eigenvalue weighted by molar-refractivity contribution is 0.331. The van der Waals surface area contributed by atoms with Crippen LogP contribution in [0, 0.1) is 0 Å². The first kappa shape index (κ1) is 9.21. The lowest BCUT2D eigenvalue weighted by Gasteiger charge is -2.00. The maximum Gasteiger partial charge on any atom is 0.0826 e. The molecule has 1 heterocycles. The zero-order valence-corrected chi connectivity index (χ0v) is 7.98. The van der Waals surface area contributed by atoms with E-state index < -0.39 is 0 Å². The molecule has 1 aliphatic carbocycles. The van der Waals surface area contributed by atoms with Crippen molar-refractivity contribution < 1.29 is 5.11 Å². The summed E-state index contributed by atoms with van der Waals surface area (Å²) in [5, 5.41) is 8.77. The molecule has 14 heavy (non-hydrogen) atoms. The molecule has 2 rings (SSSR count). The van der Waals surface area contributed by atoms with Crippen LogP contribution in [-0.2, 0) is 0 Å². The van der Waals surface area contributed by atoms with Crippen molar-refractivity contribution in [3.63, 3.8) is 0 Å². The first-order valence-electron chi connectivity index (χ1n) is 4.82. The van der Waals surface area contributed by atoms with Gasteiger partial charge in [-0.15, -0.1) is 0 Å². The van der Waals surface area contributed by atoms with Gasteiger partial charge in [-0.2, -0.15) is 0 Å². The maximum absolute atomic E-state index is 8.77. The highest BCUT2D eigenvalue weighted by atomic mass is 16.3. The summed E-state index contributed by atoms with van der Waals surface area (Å²) >= 11 is 0. The molecule has 0 aromatic carbocycles. The molecule has 0 radical (unpaired) electrons. The van der Waals surface area contributed by atoms with E-state index in [9.17, 15) is 0 Å². The second-order valence-electron chi connectivity index (χ2n) is 3.67. The highest BCUT2D eigenvalue weighted by Gasteiger charge is 2.23. The minimum absolute atomic E-state index is 0.116. The lowest BCUT2D eigenvalue weighted by atomic mass is 10.1. The summed E-state index contributed by atoms with van der Waals surface area (Å²) in [5.74, 6) is 0.723. The van der Waals surface area contributed by atoms with Gasteiger partial charge in [-0.05, 0) is 42.5 Å². The first-order chi connectivity index (χ1) is 6.79. The third kappa shape index (κ3) is 2.12. The number of aliphatic hydroxyl groups excluding tert-OH is 1. The quantitative estimate of drug-likeness (QED) is 0.754. The van der Waals surface area contributed by atoms with Gasteiger partial charge < -0.3 is 10.8 Å². The molecular formula is C11H14N2O. The van der Waals surface area contributed by atoms with Gasteiger partial charge >= 0.3 is 0 Å². The Morgan fingerprint density at radius 3 is 3.07 bits per heavy atom. The Hall–Kier alpha value is -1.35. The maximum atomic E-state index is 8.77. The molecule has 0 spiro atoms. The minimum atomic E-state index is -0.116. The van der Waals surface area contributed by atoms with E-state index in [0.29, 0.717) is 5.70 Å². The number of aliphatic hydroxyl groups is 1. The lowest BCUT2D eigenvalue weighted by Crippen LogP contribution is -2.01. The second-order valence-corrected chi connectivity index (χ2v) is 3.67. The van der Waals surface area contributed by atoms with E-state index in [2.05, 4.69) is 4.98 Å². The Balaban J connectivity index is 2.21. The van der Waals surface area contributed by atoms with Crippen LogP contribution in [0.1, 0.15) is 30.0 Å². The molecule has 0 atom stereocenters. The summed E-state index contributed by atoms with van der Waals surface area (Å²) in [6.07, 6.45) is 6.07. The topological polar surface area (TPSA) is 59.1 Å². The summed E-state index contributed by atoms with van der Waals surface area (Å²) in [6, 6.07) is 4.09. The molecular weight excluding hydrogens is 176 g/mol. The van der Waals surface area contributed by atoms with E-state index >= 15 is 0 Å². The summed E-state index contributed by atoms with van der Waals surface area (Å²) in [7, 11) is 0. The largest absolute Gasteiger partial charge is 0.400 e. The van der Waals surface area contributed by atoms with Crippen molar-refractivity contribution in [3.05, 3.63) is 35.3 Å². The fraction of sp³-hybridized carbons (Fsp3) is 0.364. The van der Waals surface area contributed by atoms with Crippen LogP contribution in [0.15, 0.2) is 24.0 Å². The molecule has 1 aromatic heterocycles. The van der Waals surface area contributed by atoms with E-state index in [1.54, 1.807) is 12.3 Å². The normalized spacial score (nSPS) is 17.1. The summed E-state index contributed by atoms with van der Waals surface area (Å²) in [6.45, 7) is -0.116. The minimum Gasteiger partial charge on any atom is -0.400 e. The van der Waals surface area contributed by atoms with Crippen LogP contribution in [0.2, 0.25) is 0 Å². The third-order valence-electron chi connectivity index (χ3n) is 2.37. The van der Waals surface area contributed by atoms with Crippen LogP contribution in [0.3, 0.4) is 0 Å². The molecule has 3 heteroatoms. The average Bonchev–Trinajstić information content (AvgIpc) is 3.01. The van der Waals surface area contributed by atoms with Gasteiger partial charge in [-0.25, -0.2) is 0 Å². The van der Waals surface area contributed by atoms with Crippen molar-refractivity contribution in [2.45, 2.75) is 18.8 Å². The molecule has 0 saturated heterocycles. The molecule has 1 fully saturated rings. The SMILES string of the molecule is N/C(=C\c1cc(C2CC2)ccn1)CO. The van der Waals surface area contributed by atoms with Gasteiger partial charge in [0.25, 0.3) is 0 Å². The molecule has 3 N–H and O–H groups in total. The molecule has 1 aromatic rings. The fourth-order valence-corrected chi connectivity index (χ4v) is 1.45. The highest BCUT2D eigenvalue weighted by Crippen LogP contribution is 2.39.